The molecule has 1 atom stereocenters. The largest absolute Gasteiger partial charge is 0.384 e. The van der Waals surface area contributed by atoms with E-state index in [0.29, 0.717) is 10.6 Å². The van der Waals surface area contributed by atoms with Gasteiger partial charge < -0.3 is 15.7 Å². The van der Waals surface area contributed by atoms with E-state index in [1.165, 1.54) is 29.5 Å². The van der Waals surface area contributed by atoms with E-state index in [1.807, 2.05) is 5.38 Å². The molecule has 0 bridgehead atoms. The molecule has 2 rings (SSSR count). The molecule has 4 nitrogen and oxygen atoms in total. The molecule has 3 N–H and O–H groups in total. The first-order valence-electron chi connectivity index (χ1n) is 6.13. The number of hydrogen-bond acceptors (Lipinski definition) is 3. The highest BCUT2D eigenvalue weighted by Gasteiger charge is 2.24. The normalized spacial score (nSPS) is 13.5. The van der Waals surface area contributed by atoms with Gasteiger partial charge in [-0.3, -0.25) is 0 Å². The fourth-order valence-corrected chi connectivity index (χ4v) is 2.64. The van der Waals surface area contributed by atoms with Gasteiger partial charge in [-0.15, -0.1) is 0 Å². The van der Waals surface area contributed by atoms with Gasteiger partial charge in [-0.2, -0.15) is 11.3 Å². The number of hydrogen-bond donors (Lipinski definition) is 3. The van der Waals surface area contributed by atoms with Gasteiger partial charge in [0.05, 0.1) is 12.2 Å². The minimum Gasteiger partial charge on any atom is -0.384 e. The lowest BCUT2D eigenvalue weighted by Gasteiger charge is -2.22. The molecule has 1 aromatic carbocycles. The second-order valence-electron chi connectivity index (χ2n) is 4.72. The van der Waals surface area contributed by atoms with Crippen LogP contribution in [0.3, 0.4) is 0 Å². The molecular weight excluding hydrogens is 315 g/mol. The average Bonchev–Trinajstić information content (AvgIpc) is 2.96. The number of nitrogens with one attached hydrogen (secondary N) is 2. The van der Waals surface area contributed by atoms with Gasteiger partial charge >= 0.3 is 6.03 Å². The molecule has 0 saturated heterocycles. The van der Waals surface area contributed by atoms with Crippen molar-refractivity contribution in [3.63, 3.8) is 0 Å². The lowest BCUT2D eigenvalue weighted by atomic mass is 9.99. The average molecular weight is 329 g/mol. The molecule has 0 aliphatic heterocycles. The van der Waals surface area contributed by atoms with E-state index in [4.69, 9.17) is 11.6 Å². The minimum atomic E-state index is -1.19. The Hall–Kier alpha value is -1.63. The number of thiophene rings is 1. The van der Waals surface area contributed by atoms with Crippen LogP contribution in [0.4, 0.5) is 14.9 Å². The van der Waals surface area contributed by atoms with Crippen LogP contribution in [0.5, 0.6) is 0 Å². The van der Waals surface area contributed by atoms with E-state index >= 15 is 0 Å². The van der Waals surface area contributed by atoms with Gasteiger partial charge in [-0.05, 0) is 47.5 Å². The Balaban J connectivity index is 1.95. The fraction of sp³-hybridized carbons (Fsp3) is 0.214. The first-order valence-corrected chi connectivity index (χ1v) is 7.45. The van der Waals surface area contributed by atoms with E-state index in [1.54, 1.807) is 18.4 Å². The highest BCUT2D eigenvalue weighted by molar-refractivity contribution is 7.08. The Kier molecular flexibility index (Phi) is 4.82. The molecule has 0 aliphatic rings. The molecule has 2 aromatic rings. The Labute approximate surface area is 130 Å². The van der Waals surface area contributed by atoms with Crippen molar-refractivity contribution in [1.82, 2.24) is 5.32 Å². The smallest absolute Gasteiger partial charge is 0.319 e. The molecule has 1 heterocycles. The summed E-state index contributed by atoms with van der Waals surface area (Å²) in [5.74, 6) is -0.584. The number of urea groups is 1. The second kappa shape index (κ2) is 6.43. The SMILES string of the molecule is CC(O)(CNC(=O)Nc1cc(Cl)ccc1F)c1ccsc1. The summed E-state index contributed by atoms with van der Waals surface area (Å²) in [6.45, 7) is 1.59. The van der Waals surface area contributed by atoms with Crippen molar-refractivity contribution in [3.05, 3.63) is 51.4 Å². The van der Waals surface area contributed by atoms with Crippen LogP contribution in [0.2, 0.25) is 5.02 Å². The third kappa shape index (κ3) is 4.17. The third-order valence-corrected chi connectivity index (χ3v) is 3.83. The van der Waals surface area contributed by atoms with Crippen molar-refractivity contribution in [3.8, 4) is 0 Å². The fourth-order valence-electron chi connectivity index (χ4n) is 1.69. The Morgan fingerprint density at radius 1 is 1.48 bits per heavy atom. The van der Waals surface area contributed by atoms with Crippen LogP contribution in [0, 0.1) is 5.82 Å². The number of carbonyl (C=O) groups is 1. The van der Waals surface area contributed by atoms with Crippen LogP contribution in [0.1, 0.15) is 12.5 Å². The first kappa shape index (κ1) is 15.8. The zero-order chi connectivity index (χ0) is 15.5. The summed E-state index contributed by atoms with van der Waals surface area (Å²) in [4.78, 5) is 11.8. The van der Waals surface area contributed by atoms with Crippen molar-refractivity contribution < 1.29 is 14.3 Å². The summed E-state index contributed by atoms with van der Waals surface area (Å²) in [5.41, 5.74) is -0.499. The van der Waals surface area contributed by atoms with E-state index in [9.17, 15) is 14.3 Å². The predicted octanol–water partition coefficient (Wildman–Crippen LogP) is 3.57. The lowest BCUT2D eigenvalue weighted by Crippen LogP contribution is -2.40. The summed E-state index contributed by atoms with van der Waals surface area (Å²) >= 11 is 7.19. The predicted molar refractivity (Wildman–Crippen MR) is 82.3 cm³/mol. The summed E-state index contributed by atoms with van der Waals surface area (Å²) in [6.07, 6.45) is 0. The topological polar surface area (TPSA) is 61.4 Å². The van der Waals surface area contributed by atoms with Crippen LogP contribution < -0.4 is 10.6 Å². The number of halogens is 2. The van der Waals surface area contributed by atoms with Crippen molar-refractivity contribution in [2.45, 2.75) is 12.5 Å². The molecule has 0 aliphatic carbocycles. The summed E-state index contributed by atoms with van der Waals surface area (Å²) in [6, 6.07) is 5.03. The van der Waals surface area contributed by atoms with Crippen molar-refractivity contribution >= 4 is 34.7 Å². The van der Waals surface area contributed by atoms with Crippen LogP contribution >= 0.6 is 22.9 Å². The lowest BCUT2D eigenvalue weighted by molar-refractivity contribution is 0.0604. The quantitative estimate of drug-likeness (QED) is 0.803. The summed E-state index contributed by atoms with van der Waals surface area (Å²) in [5, 5.41) is 19.1. The van der Waals surface area contributed by atoms with Gasteiger partial charge in [0.25, 0.3) is 0 Å². The van der Waals surface area contributed by atoms with Gasteiger partial charge in [0.15, 0.2) is 0 Å². The van der Waals surface area contributed by atoms with E-state index in [-0.39, 0.29) is 12.2 Å². The van der Waals surface area contributed by atoms with Gasteiger partial charge in [0.2, 0.25) is 0 Å². The molecule has 1 unspecified atom stereocenters. The Bertz CT molecular complexity index is 632. The van der Waals surface area contributed by atoms with Crippen molar-refractivity contribution in [2.75, 3.05) is 11.9 Å². The van der Waals surface area contributed by atoms with Crippen LogP contribution in [-0.2, 0) is 5.60 Å². The number of rotatable bonds is 4. The van der Waals surface area contributed by atoms with Gasteiger partial charge in [0, 0.05) is 5.02 Å². The van der Waals surface area contributed by atoms with Gasteiger partial charge in [-0.1, -0.05) is 11.6 Å². The Morgan fingerprint density at radius 3 is 2.90 bits per heavy atom. The molecule has 2 amide bonds. The molecule has 0 fully saturated rings. The zero-order valence-corrected chi connectivity index (χ0v) is 12.8. The summed E-state index contributed by atoms with van der Waals surface area (Å²) < 4.78 is 13.5. The molecule has 1 aromatic heterocycles. The standard InChI is InChI=1S/C14H14ClFN2O2S/c1-14(20,9-4-5-21-7-9)8-17-13(19)18-12-6-10(15)2-3-11(12)16/h2-7,20H,8H2,1H3,(H2,17,18,19). The highest BCUT2D eigenvalue weighted by Crippen LogP contribution is 2.22. The summed E-state index contributed by atoms with van der Waals surface area (Å²) in [7, 11) is 0. The molecule has 7 heteroatoms. The first-order chi connectivity index (χ1) is 9.88. The van der Waals surface area contributed by atoms with Gasteiger partial charge in [0.1, 0.15) is 11.4 Å². The molecule has 21 heavy (non-hydrogen) atoms. The number of anilines is 1. The monoisotopic (exact) mass is 328 g/mol. The number of aliphatic hydroxyl groups is 1. The number of benzene rings is 1. The van der Waals surface area contributed by atoms with E-state index in [2.05, 4.69) is 10.6 Å². The maximum atomic E-state index is 13.5. The molecule has 112 valence electrons. The molecule has 0 saturated carbocycles. The third-order valence-electron chi connectivity index (χ3n) is 2.91. The minimum absolute atomic E-state index is 0.00223. The maximum absolute atomic E-state index is 13.5. The second-order valence-corrected chi connectivity index (χ2v) is 5.93. The zero-order valence-electron chi connectivity index (χ0n) is 11.2. The number of carbonyl (C=O) groups excluding carboxylic acids is 1. The van der Waals surface area contributed by atoms with Crippen LogP contribution in [0.25, 0.3) is 0 Å². The van der Waals surface area contributed by atoms with E-state index in [0.717, 1.165) is 0 Å². The Morgan fingerprint density at radius 2 is 2.24 bits per heavy atom. The maximum Gasteiger partial charge on any atom is 0.319 e. The van der Waals surface area contributed by atoms with E-state index < -0.39 is 17.4 Å². The molecule has 0 radical (unpaired) electrons. The van der Waals surface area contributed by atoms with Crippen molar-refractivity contribution in [1.29, 1.82) is 0 Å². The van der Waals surface area contributed by atoms with Crippen LogP contribution in [-0.4, -0.2) is 17.7 Å². The molecular formula is C14H14ClFN2O2S. The number of amides is 2. The molecule has 0 spiro atoms. The van der Waals surface area contributed by atoms with Crippen molar-refractivity contribution in [2.24, 2.45) is 0 Å². The van der Waals surface area contributed by atoms with Gasteiger partial charge in [-0.25, -0.2) is 9.18 Å². The highest BCUT2D eigenvalue weighted by atomic mass is 35.5. The van der Waals surface area contributed by atoms with Crippen LogP contribution in [0.15, 0.2) is 35.0 Å².